The summed E-state index contributed by atoms with van der Waals surface area (Å²) in [6, 6.07) is 0. The second-order valence-corrected chi connectivity index (χ2v) is 5.34. The predicted molar refractivity (Wildman–Crippen MR) is 68.1 cm³/mol. The van der Waals surface area contributed by atoms with Gasteiger partial charge in [-0.2, -0.15) is 0 Å². The fourth-order valence-corrected chi connectivity index (χ4v) is 2.82. The molecule has 0 aromatic carbocycles. The predicted octanol–water partition coefficient (Wildman–Crippen LogP) is 0.459. The van der Waals surface area contributed by atoms with E-state index in [1.165, 1.54) is 12.8 Å². The van der Waals surface area contributed by atoms with Crippen LogP contribution in [-0.4, -0.2) is 62.0 Å². The molecule has 1 heterocycles. The van der Waals surface area contributed by atoms with Crippen molar-refractivity contribution in [3.05, 3.63) is 0 Å². The fraction of sp³-hybridized carbons (Fsp3) is 1.00. The van der Waals surface area contributed by atoms with Crippen LogP contribution in [0, 0.1) is 5.92 Å². The van der Waals surface area contributed by atoms with Gasteiger partial charge in [-0.15, -0.1) is 0 Å². The lowest BCUT2D eigenvalue weighted by Gasteiger charge is -2.28. The average molecular weight is 242 g/mol. The van der Waals surface area contributed by atoms with E-state index in [0.717, 1.165) is 58.8 Å². The minimum Gasteiger partial charge on any atom is -0.393 e. The number of aliphatic hydroxyl groups excluding tert-OH is 1. The molecule has 1 aliphatic heterocycles. The maximum absolute atomic E-state index is 9.59. The normalized spacial score (nSPS) is 31.6. The van der Waals surface area contributed by atoms with Gasteiger partial charge in [0.25, 0.3) is 0 Å². The first-order valence-corrected chi connectivity index (χ1v) is 7.03. The molecule has 2 atom stereocenters. The summed E-state index contributed by atoms with van der Waals surface area (Å²) in [6.07, 6.45) is 4.42. The Hall–Kier alpha value is -0.160. The number of hydrogen-bond acceptors (Lipinski definition) is 4. The Morgan fingerprint density at radius 3 is 2.82 bits per heavy atom. The van der Waals surface area contributed by atoms with Crippen LogP contribution < -0.4 is 5.32 Å². The monoisotopic (exact) mass is 242 g/mol. The lowest BCUT2D eigenvalue weighted by Crippen LogP contribution is -2.41. The van der Waals surface area contributed by atoms with Crippen LogP contribution >= 0.6 is 0 Å². The summed E-state index contributed by atoms with van der Waals surface area (Å²) in [4.78, 5) is 2.45. The van der Waals surface area contributed by atoms with Crippen molar-refractivity contribution in [1.29, 1.82) is 0 Å². The molecular weight excluding hydrogens is 216 g/mol. The smallest absolute Gasteiger partial charge is 0.0594 e. The number of rotatable bonds is 5. The lowest BCUT2D eigenvalue weighted by atomic mass is 9.87. The molecule has 2 aliphatic rings. The molecule has 2 rings (SSSR count). The zero-order valence-corrected chi connectivity index (χ0v) is 10.7. The van der Waals surface area contributed by atoms with Gasteiger partial charge in [-0.3, -0.25) is 4.90 Å². The first kappa shape index (κ1) is 13.3. The van der Waals surface area contributed by atoms with Gasteiger partial charge >= 0.3 is 0 Å². The summed E-state index contributed by atoms with van der Waals surface area (Å²) in [5, 5.41) is 13.1. The molecule has 17 heavy (non-hydrogen) atoms. The first-order chi connectivity index (χ1) is 8.34. The summed E-state index contributed by atoms with van der Waals surface area (Å²) in [6.45, 7) is 7.17. The molecule has 2 N–H and O–H groups in total. The molecule has 0 aromatic heterocycles. The van der Waals surface area contributed by atoms with E-state index in [-0.39, 0.29) is 6.10 Å². The maximum atomic E-state index is 9.59. The van der Waals surface area contributed by atoms with E-state index in [1.807, 2.05) is 0 Å². The molecule has 2 fully saturated rings. The quantitative estimate of drug-likeness (QED) is 0.688. The maximum Gasteiger partial charge on any atom is 0.0594 e. The van der Waals surface area contributed by atoms with Crippen molar-refractivity contribution < 1.29 is 9.84 Å². The zero-order chi connectivity index (χ0) is 11.9. The van der Waals surface area contributed by atoms with E-state index >= 15 is 0 Å². The molecule has 100 valence electrons. The molecule has 1 saturated heterocycles. The van der Waals surface area contributed by atoms with Crippen molar-refractivity contribution in [2.75, 3.05) is 45.9 Å². The Kier molecular flexibility index (Phi) is 5.71. The van der Waals surface area contributed by atoms with Crippen molar-refractivity contribution in [3.63, 3.8) is 0 Å². The lowest BCUT2D eigenvalue weighted by molar-refractivity contribution is 0.0380. The van der Waals surface area contributed by atoms with E-state index in [9.17, 15) is 5.11 Å². The van der Waals surface area contributed by atoms with Crippen molar-refractivity contribution in [2.45, 2.75) is 31.8 Å². The molecule has 1 saturated carbocycles. The van der Waals surface area contributed by atoms with Gasteiger partial charge in [-0.05, 0) is 31.7 Å². The van der Waals surface area contributed by atoms with Crippen molar-refractivity contribution in [1.82, 2.24) is 10.2 Å². The third-order valence-electron chi connectivity index (χ3n) is 3.90. The minimum absolute atomic E-state index is 0.0465. The molecule has 0 bridgehead atoms. The number of morpholine rings is 1. The Morgan fingerprint density at radius 1 is 1.24 bits per heavy atom. The van der Waals surface area contributed by atoms with Gasteiger partial charge in [0.1, 0.15) is 0 Å². The minimum atomic E-state index is -0.0465. The van der Waals surface area contributed by atoms with Crippen LogP contribution in [0.25, 0.3) is 0 Å². The Balaban J connectivity index is 1.50. The third kappa shape index (κ3) is 4.92. The molecule has 0 aromatic rings. The van der Waals surface area contributed by atoms with Gasteiger partial charge in [0.2, 0.25) is 0 Å². The van der Waals surface area contributed by atoms with Crippen molar-refractivity contribution in [2.24, 2.45) is 5.92 Å². The van der Waals surface area contributed by atoms with Gasteiger partial charge < -0.3 is 15.2 Å². The van der Waals surface area contributed by atoms with Gasteiger partial charge in [-0.1, -0.05) is 6.42 Å². The van der Waals surface area contributed by atoms with Crippen LogP contribution in [0.1, 0.15) is 25.7 Å². The summed E-state index contributed by atoms with van der Waals surface area (Å²) in [5.41, 5.74) is 0. The van der Waals surface area contributed by atoms with Crippen LogP contribution in [0.4, 0.5) is 0 Å². The number of ether oxygens (including phenoxy) is 1. The second-order valence-electron chi connectivity index (χ2n) is 5.34. The molecular formula is C13H26N2O2. The Morgan fingerprint density at radius 2 is 2.06 bits per heavy atom. The Labute approximate surface area is 104 Å². The highest BCUT2D eigenvalue weighted by molar-refractivity contribution is 4.74. The molecule has 1 aliphatic carbocycles. The highest BCUT2D eigenvalue weighted by Crippen LogP contribution is 2.23. The molecule has 0 radical (unpaired) electrons. The van der Waals surface area contributed by atoms with Crippen LogP contribution in [0.15, 0.2) is 0 Å². The first-order valence-electron chi connectivity index (χ1n) is 7.03. The van der Waals surface area contributed by atoms with Crippen molar-refractivity contribution in [3.8, 4) is 0 Å². The summed E-state index contributed by atoms with van der Waals surface area (Å²) in [5.74, 6) is 0.684. The highest BCUT2D eigenvalue weighted by Gasteiger charge is 2.19. The van der Waals surface area contributed by atoms with E-state index in [1.54, 1.807) is 0 Å². The molecule has 4 heteroatoms. The van der Waals surface area contributed by atoms with Crippen LogP contribution in [0.2, 0.25) is 0 Å². The highest BCUT2D eigenvalue weighted by atomic mass is 16.5. The fourth-order valence-electron chi connectivity index (χ4n) is 2.82. The average Bonchev–Trinajstić information content (AvgIpc) is 2.36. The number of nitrogens with zero attached hydrogens (tertiary/aromatic N) is 1. The molecule has 0 spiro atoms. The third-order valence-corrected chi connectivity index (χ3v) is 3.90. The summed E-state index contributed by atoms with van der Waals surface area (Å²) >= 11 is 0. The molecule has 0 amide bonds. The summed E-state index contributed by atoms with van der Waals surface area (Å²) in [7, 11) is 0. The van der Waals surface area contributed by atoms with Gasteiger partial charge in [0.05, 0.1) is 19.3 Å². The topological polar surface area (TPSA) is 44.7 Å². The summed E-state index contributed by atoms with van der Waals surface area (Å²) < 4.78 is 5.32. The van der Waals surface area contributed by atoms with Gasteiger partial charge in [-0.25, -0.2) is 0 Å². The number of hydrogen-bond donors (Lipinski definition) is 2. The van der Waals surface area contributed by atoms with Crippen molar-refractivity contribution >= 4 is 0 Å². The zero-order valence-electron chi connectivity index (χ0n) is 10.7. The van der Waals surface area contributed by atoms with E-state index in [4.69, 9.17) is 4.74 Å². The number of nitrogens with one attached hydrogen (secondary N) is 1. The van der Waals surface area contributed by atoms with Gasteiger partial charge in [0.15, 0.2) is 0 Å². The van der Waals surface area contributed by atoms with Gasteiger partial charge in [0, 0.05) is 26.2 Å². The standard InChI is InChI=1S/C13H26N2O2/c16-13-3-1-2-12(10-13)11-14-4-5-15-6-8-17-9-7-15/h12-14,16H,1-11H2. The van der Waals surface area contributed by atoms with E-state index < -0.39 is 0 Å². The molecule has 2 unspecified atom stereocenters. The number of aliphatic hydroxyl groups is 1. The SMILES string of the molecule is OC1CCCC(CNCCN2CCOCC2)C1. The van der Waals surface area contributed by atoms with E-state index in [0.29, 0.717) is 5.92 Å². The molecule has 4 nitrogen and oxygen atoms in total. The largest absolute Gasteiger partial charge is 0.393 e. The van der Waals surface area contributed by atoms with Crippen LogP contribution in [0.5, 0.6) is 0 Å². The second kappa shape index (κ2) is 7.31. The van der Waals surface area contributed by atoms with Crippen LogP contribution in [-0.2, 0) is 4.74 Å². The van der Waals surface area contributed by atoms with Crippen LogP contribution in [0.3, 0.4) is 0 Å². The van der Waals surface area contributed by atoms with E-state index in [2.05, 4.69) is 10.2 Å². The Bertz CT molecular complexity index is 208.